The van der Waals surface area contributed by atoms with Gasteiger partial charge >= 0.3 is 0 Å². The van der Waals surface area contributed by atoms with Crippen LogP contribution in [-0.4, -0.2) is 4.57 Å². The Bertz CT molecular complexity index is 515. The molecule has 1 saturated carbocycles. The monoisotopic (exact) mass is 197 g/mol. The summed E-state index contributed by atoms with van der Waals surface area (Å²) in [6, 6.07) is 8.67. The lowest BCUT2D eigenvalue weighted by Gasteiger charge is -2.01. The fraction of sp³-hybridized carbons (Fsp3) is 0.286. The zero-order valence-electron chi connectivity index (χ0n) is 8.98. The van der Waals surface area contributed by atoms with E-state index in [2.05, 4.69) is 54.2 Å². The molecular formula is C14H15N. The first kappa shape index (κ1) is 8.78. The number of hydrogen-bond donors (Lipinski definition) is 0. The summed E-state index contributed by atoms with van der Waals surface area (Å²) in [5, 5.41) is 1.33. The Balaban J connectivity index is 2.11. The Morgan fingerprint density at radius 2 is 2.13 bits per heavy atom. The molecule has 1 aromatic heterocycles. The van der Waals surface area contributed by atoms with Crippen LogP contribution in [0.3, 0.4) is 0 Å². The molecule has 1 aliphatic rings. The van der Waals surface area contributed by atoms with E-state index in [0.29, 0.717) is 0 Å². The average molecular weight is 197 g/mol. The molecule has 0 unspecified atom stereocenters. The molecule has 0 saturated heterocycles. The minimum Gasteiger partial charge on any atom is -0.350 e. The van der Waals surface area contributed by atoms with Gasteiger partial charge in [-0.3, -0.25) is 0 Å². The number of hydrogen-bond acceptors (Lipinski definition) is 0. The van der Waals surface area contributed by atoms with Crippen LogP contribution in [0.25, 0.3) is 17.0 Å². The highest BCUT2D eigenvalue weighted by Crippen LogP contribution is 2.31. The van der Waals surface area contributed by atoms with E-state index in [1.165, 1.54) is 29.3 Å². The van der Waals surface area contributed by atoms with Crippen LogP contribution in [0.5, 0.6) is 0 Å². The molecular weight excluding hydrogens is 182 g/mol. The minimum atomic E-state index is 0.848. The summed E-state index contributed by atoms with van der Waals surface area (Å²) in [5.41, 5.74) is 2.68. The van der Waals surface area contributed by atoms with E-state index in [4.69, 9.17) is 0 Å². The first-order valence-corrected chi connectivity index (χ1v) is 5.57. The van der Waals surface area contributed by atoms with Crippen LogP contribution in [0.1, 0.15) is 18.4 Å². The van der Waals surface area contributed by atoms with Gasteiger partial charge in [0.05, 0.1) is 5.52 Å². The number of rotatable bonds is 2. The van der Waals surface area contributed by atoms with Crippen molar-refractivity contribution in [2.45, 2.75) is 12.8 Å². The van der Waals surface area contributed by atoms with Crippen molar-refractivity contribution < 1.29 is 0 Å². The normalized spacial score (nSPS) is 16.6. The second-order valence-electron chi connectivity index (χ2n) is 4.41. The van der Waals surface area contributed by atoms with Gasteiger partial charge in [-0.1, -0.05) is 30.4 Å². The molecule has 15 heavy (non-hydrogen) atoms. The third-order valence-electron chi connectivity index (χ3n) is 3.10. The van der Waals surface area contributed by atoms with Crippen molar-refractivity contribution in [3.63, 3.8) is 0 Å². The van der Waals surface area contributed by atoms with E-state index < -0.39 is 0 Å². The Morgan fingerprint density at radius 3 is 2.93 bits per heavy atom. The van der Waals surface area contributed by atoms with E-state index in [1.807, 2.05) is 0 Å². The van der Waals surface area contributed by atoms with Gasteiger partial charge in [-0.05, 0) is 30.4 Å². The van der Waals surface area contributed by atoms with Crippen LogP contribution in [0.2, 0.25) is 0 Å². The Kier molecular flexibility index (Phi) is 1.91. The lowest BCUT2D eigenvalue weighted by Crippen LogP contribution is -1.86. The molecule has 1 heterocycles. The van der Waals surface area contributed by atoms with Crippen LogP contribution in [-0.2, 0) is 7.05 Å². The fourth-order valence-corrected chi connectivity index (χ4v) is 2.05. The van der Waals surface area contributed by atoms with Crippen molar-refractivity contribution in [2.24, 2.45) is 13.0 Å². The van der Waals surface area contributed by atoms with Gasteiger partial charge in [-0.15, -0.1) is 0 Å². The van der Waals surface area contributed by atoms with Crippen molar-refractivity contribution in [3.8, 4) is 0 Å². The molecule has 0 atom stereocenters. The van der Waals surface area contributed by atoms with Crippen LogP contribution in [0.4, 0.5) is 0 Å². The van der Waals surface area contributed by atoms with Crippen LogP contribution >= 0.6 is 0 Å². The predicted molar refractivity (Wildman–Crippen MR) is 64.7 cm³/mol. The van der Waals surface area contributed by atoms with Crippen molar-refractivity contribution in [2.75, 3.05) is 0 Å². The van der Waals surface area contributed by atoms with E-state index in [9.17, 15) is 0 Å². The molecule has 1 aromatic carbocycles. The molecule has 1 fully saturated rings. The lowest BCUT2D eigenvalue weighted by atomic mass is 10.1. The van der Waals surface area contributed by atoms with Gasteiger partial charge in [-0.2, -0.15) is 0 Å². The quantitative estimate of drug-likeness (QED) is 0.693. The maximum absolute atomic E-state index is 2.35. The minimum absolute atomic E-state index is 0.848. The lowest BCUT2D eigenvalue weighted by molar-refractivity contribution is 0.968. The molecule has 3 rings (SSSR count). The van der Waals surface area contributed by atoms with Gasteiger partial charge in [0.1, 0.15) is 0 Å². The largest absolute Gasteiger partial charge is 0.350 e. The number of benzene rings is 1. The van der Waals surface area contributed by atoms with Crippen molar-refractivity contribution in [3.05, 3.63) is 42.1 Å². The van der Waals surface area contributed by atoms with E-state index >= 15 is 0 Å². The molecule has 0 N–H and O–H groups in total. The molecule has 0 bridgehead atoms. The summed E-state index contributed by atoms with van der Waals surface area (Å²) in [6.45, 7) is 0. The highest BCUT2D eigenvalue weighted by atomic mass is 14.9. The molecule has 76 valence electrons. The Hall–Kier alpha value is -1.50. The van der Waals surface area contributed by atoms with Crippen LogP contribution in [0, 0.1) is 5.92 Å². The summed E-state index contributed by atoms with van der Waals surface area (Å²) in [5.74, 6) is 0.848. The number of nitrogens with zero attached hydrogens (tertiary/aromatic N) is 1. The van der Waals surface area contributed by atoms with Gasteiger partial charge < -0.3 is 4.57 Å². The summed E-state index contributed by atoms with van der Waals surface area (Å²) >= 11 is 0. The maximum atomic E-state index is 2.35. The molecule has 2 aromatic rings. The zero-order chi connectivity index (χ0) is 10.3. The Labute approximate surface area is 90.0 Å². The number of allylic oxidation sites excluding steroid dienone is 1. The molecule has 0 radical (unpaired) electrons. The molecule has 0 aliphatic heterocycles. The molecule has 1 nitrogen and oxygen atoms in total. The highest BCUT2D eigenvalue weighted by molar-refractivity contribution is 5.88. The molecule has 1 aliphatic carbocycles. The first-order chi connectivity index (χ1) is 7.34. The second kappa shape index (κ2) is 3.27. The predicted octanol–water partition coefficient (Wildman–Crippen LogP) is 3.60. The number of aromatic nitrogens is 1. The first-order valence-electron chi connectivity index (χ1n) is 5.57. The summed E-state index contributed by atoms with van der Waals surface area (Å²) in [7, 11) is 2.11. The third-order valence-corrected chi connectivity index (χ3v) is 3.10. The topological polar surface area (TPSA) is 4.93 Å². The third kappa shape index (κ3) is 1.58. The van der Waals surface area contributed by atoms with Crippen LogP contribution in [0.15, 0.2) is 36.5 Å². The van der Waals surface area contributed by atoms with E-state index in [0.717, 1.165) is 5.92 Å². The van der Waals surface area contributed by atoms with Gasteiger partial charge in [0.25, 0.3) is 0 Å². The summed E-state index contributed by atoms with van der Waals surface area (Å²) in [4.78, 5) is 0. The summed E-state index contributed by atoms with van der Waals surface area (Å²) in [6.07, 6.45) is 9.50. The number of fused-ring (bicyclic) bond motifs is 1. The fourth-order valence-electron chi connectivity index (χ4n) is 2.05. The van der Waals surface area contributed by atoms with Gasteiger partial charge in [-0.25, -0.2) is 0 Å². The van der Waals surface area contributed by atoms with Gasteiger partial charge in [0.15, 0.2) is 0 Å². The highest BCUT2D eigenvalue weighted by Gasteiger charge is 2.17. The zero-order valence-corrected chi connectivity index (χ0v) is 8.98. The van der Waals surface area contributed by atoms with Crippen molar-refractivity contribution >= 4 is 17.0 Å². The maximum Gasteiger partial charge on any atom is 0.0551 e. The Morgan fingerprint density at radius 1 is 1.27 bits per heavy atom. The molecule has 0 spiro atoms. The second-order valence-corrected chi connectivity index (χ2v) is 4.41. The molecule has 0 amide bonds. The van der Waals surface area contributed by atoms with Crippen molar-refractivity contribution in [1.29, 1.82) is 0 Å². The van der Waals surface area contributed by atoms with Gasteiger partial charge in [0, 0.05) is 18.6 Å². The van der Waals surface area contributed by atoms with Crippen molar-refractivity contribution in [1.82, 2.24) is 4.57 Å². The number of para-hydroxylation sites is 1. The SMILES string of the molecule is Cn1ccc2cccc(C=CC3CC3)c21. The smallest absolute Gasteiger partial charge is 0.0551 e. The average Bonchev–Trinajstić information content (AvgIpc) is 3.00. The van der Waals surface area contributed by atoms with Crippen LogP contribution < -0.4 is 0 Å². The number of aryl methyl sites for hydroxylation is 1. The standard InChI is InChI=1S/C14H15N/c1-15-10-9-13-4-2-3-12(14(13)15)8-7-11-5-6-11/h2-4,7-11H,5-6H2,1H3. The summed E-state index contributed by atoms with van der Waals surface area (Å²) < 4.78 is 2.20. The van der Waals surface area contributed by atoms with E-state index in [-0.39, 0.29) is 0 Å². The molecule has 1 heteroatoms. The van der Waals surface area contributed by atoms with Gasteiger partial charge in [0.2, 0.25) is 0 Å². The van der Waals surface area contributed by atoms with E-state index in [1.54, 1.807) is 0 Å².